The van der Waals surface area contributed by atoms with Crippen LogP contribution in [0, 0.1) is 0 Å². The van der Waals surface area contributed by atoms with Crippen LogP contribution < -0.4 is 70.8 Å². The minimum atomic E-state index is -1.73. The van der Waals surface area contributed by atoms with Gasteiger partial charge in [-0.15, -0.1) is 0 Å². The number of carboxylic acid groups (broad SMARTS) is 1. The van der Waals surface area contributed by atoms with Gasteiger partial charge in [-0.1, -0.05) is 80.4 Å². The highest BCUT2D eigenvalue weighted by molar-refractivity contribution is 6.00. The van der Waals surface area contributed by atoms with E-state index in [-0.39, 0.29) is 83.3 Å². The number of unbranched alkanes of at least 4 members (excludes halogenated alkanes) is 1. The van der Waals surface area contributed by atoms with Crippen molar-refractivity contribution in [3.63, 3.8) is 0 Å². The summed E-state index contributed by atoms with van der Waals surface area (Å²) in [7, 11) is 0. The normalized spacial score (nSPS) is 21.9. The van der Waals surface area contributed by atoms with Crippen molar-refractivity contribution < 1.29 is 62.6 Å². The summed E-state index contributed by atoms with van der Waals surface area (Å²) in [6, 6.07) is 7.37. The third-order valence-corrected chi connectivity index (χ3v) is 15.3. The number of primary amides is 1. The maximum atomic E-state index is 15.3. The summed E-state index contributed by atoms with van der Waals surface area (Å²) in [4.78, 5) is 174. The van der Waals surface area contributed by atoms with Crippen molar-refractivity contribution in [3.05, 3.63) is 84.1 Å². The van der Waals surface area contributed by atoms with Gasteiger partial charge in [-0.25, -0.2) is 0 Å². The Balaban J connectivity index is 1.44. The van der Waals surface area contributed by atoms with Gasteiger partial charge in [0.2, 0.25) is 65.0 Å². The quantitative estimate of drug-likeness (QED) is 0.0255. The molecule has 19 N–H and O–H groups in total. The van der Waals surface area contributed by atoms with Crippen LogP contribution in [0.4, 0.5) is 0 Å². The van der Waals surface area contributed by atoms with Gasteiger partial charge in [0.1, 0.15) is 42.3 Å². The lowest BCUT2D eigenvalue weighted by atomic mass is 9.99. The van der Waals surface area contributed by atoms with Crippen LogP contribution >= 0.6 is 0 Å². The van der Waals surface area contributed by atoms with Crippen LogP contribution in [0.15, 0.2) is 77.9 Å². The number of amides is 11. The van der Waals surface area contributed by atoms with Crippen LogP contribution in [0.2, 0.25) is 0 Å². The minimum Gasteiger partial charge on any atom is -0.481 e. The van der Waals surface area contributed by atoms with Gasteiger partial charge < -0.3 is 85.8 Å². The first-order chi connectivity index (χ1) is 42.5. The Morgan fingerprint density at radius 2 is 1.45 bits per heavy atom. The first-order valence-corrected chi connectivity index (χ1v) is 29.8. The second-order valence-electron chi connectivity index (χ2n) is 22.3. The van der Waals surface area contributed by atoms with E-state index in [2.05, 4.69) is 57.8 Å². The molecular formula is C60H82N16O13. The molecule has 0 bridgehead atoms. The van der Waals surface area contributed by atoms with Crippen molar-refractivity contribution in [1.29, 1.82) is 0 Å². The number of hydrogen-bond donors (Lipinski definition) is 15. The summed E-state index contributed by atoms with van der Waals surface area (Å²) >= 11 is 0. The van der Waals surface area contributed by atoms with Gasteiger partial charge in [-0.05, 0) is 79.3 Å². The van der Waals surface area contributed by atoms with Gasteiger partial charge in [0.25, 0.3) is 0 Å². The van der Waals surface area contributed by atoms with Gasteiger partial charge in [-0.3, -0.25) is 62.5 Å². The first-order valence-electron chi connectivity index (χ1n) is 29.8. The number of guanidine groups is 1. The van der Waals surface area contributed by atoms with E-state index in [1.54, 1.807) is 42.6 Å². The topological polar surface area (TPSA) is 469 Å². The van der Waals surface area contributed by atoms with E-state index >= 15 is 14.4 Å². The zero-order chi connectivity index (χ0) is 64.7. The minimum absolute atomic E-state index is 0.0103. The van der Waals surface area contributed by atoms with E-state index < -0.39 is 151 Å². The lowest BCUT2D eigenvalue weighted by Crippen LogP contribution is -2.60. The molecule has 89 heavy (non-hydrogen) atoms. The van der Waals surface area contributed by atoms with Crippen molar-refractivity contribution in [3.8, 4) is 0 Å². The highest BCUT2D eigenvalue weighted by Crippen LogP contribution is 2.24. The molecule has 29 heteroatoms. The maximum absolute atomic E-state index is 15.3. The molecule has 2 aliphatic rings. The number of carbonyl (C=O) groups excluding carboxylic acids is 11. The largest absolute Gasteiger partial charge is 0.481 e. The van der Waals surface area contributed by atoms with Crippen LogP contribution in [-0.4, -0.2) is 172 Å². The Morgan fingerprint density at radius 1 is 0.753 bits per heavy atom. The van der Waals surface area contributed by atoms with E-state index in [9.17, 15) is 48.3 Å². The molecule has 0 aliphatic carbocycles. The molecule has 1 aromatic heterocycles. The van der Waals surface area contributed by atoms with Crippen molar-refractivity contribution in [1.82, 2.24) is 57.7 Å². The van der Waals surface area contributed by atoms with Gasteiger partial charge in [0.05, 0.1) is 19.0 Å². The van der Waals surface area contributed by atoms with Crippen molar-refractivity contribution in [2.75, 3.05) is 26.2 Å². The summed E-state index contributed by atoms with van der Waals surface area (Å²) < 4.78 is 0. The molecule has 0 spiro atoms. The number of nitrogens with zero attached hydrogens (tertiary/aromatic N) is 2. The number of H-pyrrole nitrogens is 1. The smallest absolute Gasteiger partial charge is 0.303 e. The van der Waals surface area contributed by atoms with Crippen LogP contribution in [0.25, 0.3) is 21.7 Å². The van der Waals surface area contributed by atoms with E-state index in [1.807, 2.05) is 37.3 Å². The fourth-order valence-electron chi connectivity index (χ4n) is 10.7. The highest BCUT2D eigenvalue weighted by Gasteiger charge is 2.45. The number of aromatic nitrogens is 1. The average molecular weight is 1240 g/mol. The number of aliphatic imine (C=N–C) groups is 1. The van der Waals surface area contributed by atoms with Crippen LogP contribution in [0.1, 0.15) is 102 Å². The average Bonchev–Trinajstić information content (AvgIpc) is 1.89. The number of aromatic amines is 1. The standard InChI is InChI=1S/C60H82N16O13/c1-3-4-15-43(69-33(2)77)55(85)75-47-29-49(78)65-23-10-9-17-42(52(62)82)71-50(79)31-68-54(84)46(27-37-30-67-41-16-8-7-14-39(37)41)73-56(86)44(18-11-24-66-60(63)64)72-57(87)45(26-34-19-20-35-12-5-6-13-36(35)25-34)74-58(88)48-28-38(32-76(48)59(47)89)70-53(83)40(61)21-22-51(80)81/h5-8,12-14,16,19-20,25,30,38,40,42-48,67H,3-4,9-11,15,17-18,21-24,26-29,31-32,61H2,1-2H3,(H2,62,82)(H,65,78)(H,68,84)(H,69,77)(H,70,83)(H,71,79)(H,72,87)(H,73,86)(H,74,88)(H,75,85)(H,80,81)(H4,63,64,66)/t38-,40-,42-,43-,44-,45+,46-,47-,48-/m0/s1. The number of hydrogen-bond acceptors (Lipinski definition) is 14. The molecule has 29 nitrogen and oxygen atoms in total. The highest BCUT2D eigenvalue weighted by atomic mass is 16.4. The van der Waals surface area contributed by atoms with Crippen molar-refractivity contribution >= 4 is 98.6 Å². The molecule has 6 rings (SSSR count). The number of para-hydroxylation sites is 1. The lowest BCUT2D eigenvalue weighted by molar-refractivity contribution is -0.143. The third-order valence-electron chi connectivity index (χ3n) is 15.3. The van der Waals surface area contributed by atoms with Crippen LogP contribution in [0.5, 0.6) is 0 Å². The van der Waals surface area contributed by atoms with Gasteiger partial charge in [-0.2, -0.15) is 0 Å². The summed E-state index contributed by atoms with van der Waals surface area (Å²) in [5.41, 5.74) is 24.9. The number of nitrogens with two attached hydrogens (primary N) is 4. The Morgan fingerprint density at radius 3 is 2.17 bits per heavy atom. The Hall–Kier alpha value is -9.67. The second kappa shape index (κ2) is 33.5. The predicted molar refractivity (Wildman–Crippen MR) is 327 cm³/mol. The molecule has 0 saturated carbocycles. The second-order valence-corrected chi connectivity index (χ2v) is 22.3. The number of aliphatic carboxylic acids is 1. The van der Waals surface area contributed by atoms with Crippen LogP contribution in [0.3, 0.4) is 0 Å². The molecule has 3 heterocycles. The summed E-state index contributed by atoms with van der Waals surface area (Å²) in [6.07, 6.45) is 1.10. The van der Waals surface area contributed by atoms with Crippen LogP contribution in [-0.2, 0) is 70.4 Å². The molecule has 0 unspecified atom stereocenters. The SMILES string of the molecule is CCCC[C@H](NC(C)=O)C(=O)N[C@H]1CC(=O)NCCCC[C@@H](C(N)=O)NC(=O)CNC(=O)[C@H](Cc2c[nH]c3ccccc23)NC(=O)[C@H](CCCN=C(N)N)NC(=O)[C@@H](Cc2ccc3ccccc3c2)NC(=O)[C@@H]2C[C@H](NC(=O)[C@@H](N)CCC(=O)O)CN2C1=O. The molecule has 3 aromatic carbocycles. The molecular weight excluding hydrogens is 1150 g/mol. The Bertz CT molecular complexity index is 3260. The van der Waals surface area contributed by atoms with Gasteiger partial charge in [0, 0.05) is 69.0 Å². The van der Waals surface area contributed by atoms with Gasteiger partial charge >= 0.3 is 5.97 Å². The Labute approximate surface area is 513 Å². The van der Waals surface area contributed by atoms with E-state index in [0.717, 1.165) is 26.6 Å². The van der Waals surface area contributed by atoms with E-state index in [4.69, 9.17) is 22.9 Å². The molecule has 2 aliphatic heterocycles. The fraction of sp³-hybridized carbons (Fsp3) is 0.483. The predicted octanol–water partition coefficient (Wildman–Crippen LogP) is -2.15. The third kappa shape index (κ3) is 21.0. The Kier molecular flexibility index (Phi) is 25.7. The number of rotatable bonds is 20. The zero-order valence-electron chi connectivity index (χ0n) is 49.9. The summed E-state index contributed by atoms with van der Waals surface area (Å²) in [6.45, 7) is 1.92. The maximum Gasteiger partial charge on any atom is 0.303 e. The number of fused-ring (bicyclic) bond motifs is 3. The number of carboxylic acids is 1. The molecule has 9 atom stereocenters. The molecule has 11 amide bonds. The molecule has 2 saturated heterocycles. The van der Waals surface area contributed by atoms with E-state index in [1.165, 1.54) is 6.92 Å². The molecule has 480 valence electrons. The van der Waals surface area contributed by atoms with E-state index in [0.29, 0.717) is 24.0 Å². The summed E-state index contributed by atoms with van der Waals surface area (Å²) in [5, 5.41) is 35.6. The monoisotopic (exact) mass is 1230 g/mol. The number of nitrogens with one attached hydrogen (secondary N) is 10. The number of carbonyl (C=O) groups is 12. The first kappa shape index (κ1) is 68.4. The molecule has 0 radical (unpaired) electrons. The number of benzene rings is 3. The van der Waals surface area contributed by atoms with Crippen molar-refractivity contribution in [2.24, 2.45) is 27.9 Å². The van der Waals surface area contributed by atoms with Gasteiger partial charge in [0.15, 0.2) is 5.96 Å². The molecule has 4 aromatic rings. The summed E-state index contributed by atoms with van der Waals surface area (Å²) in [5.74, 6) is -10.7. The lowest BCUT2D eigenvalue weighted by Gasteiger charge is -2.31. The zero-order valence-corrected chi connectivity index (χ0v) is 49.9. The molecule has 2 fully saturated rings. The van der Waals surface area contributed by atoms with Crippen molar-refractivity contribution in [2.45, 2.75) is 158 Å². The fourth-order valence-corrected chi connectivity index (χ4v) is 10.7.